The van der Waals surface area contributed by atoms with Crippen molar-refractivity contribution in [3.8, 4) is 5.75 Å². The first-order valence-corrected chi connectivity index (χ1v) is 8.65. The summed E-state index contributed by atoms with van der Waals surface area (Å²) in [6, 6.07) is 15.2. The zero-order valence-electron chi connectivity index (χ0n) is 13.8. The molecule has 1 atom stereocenters. The molecule has 1 N–H and O–H groups in total. The van der Waals surface area contributed by atoms with Crippen LogP contribution in [0.2, 0.25) is 5.02 Å². The van der Waals surface area contributed by atoms with Gasteiger partial charge in [0.1, 0.15) is 5.75 Å². The first-order valence-electron chi connectivity index (χ1n) is 8.27. The molecule has 1 saturated carbocycles. The van der Waals surface area contributed by atoms with E-state index in [1.165, 1.54) is 0 Å². The lowest BCUT2D eigenvalue weighted by Gasteiger charge is -2.12. The molecule has 4 nitrogen and oxygen atoms in total. The molecule has 0 amide bonds. The summed E-state index contributed by atoms with van der Waals surface area (Å²) >= 11 is 6.20. The quantitative estimate of drug-likeness (QED) is 0.876. The summed E-state index contributed by atoms with van der Waals surface area (Å²) in [4.78, 5) is 13.1. The predicted octanol–water partition coefficient (Wildman–Crippen LogP) is 4.11. The highest BCUT2D eigenvalue weighted by molar-refractivity contribution is 6.32. The van der Waals surface area contributed by atoms with Crippen LogP contribution < -0.4 is 10.1 Å². The van der Waals surface area contributed by atoms with Crippen LogP contribution in [-0.2, 0) is 9.53 Å². The van der Waals surface area contributed by atoms with Crippen molar-refractivity contribution >= 4 is 23.0 Å². The molecule has 1 fully saturated rings. The van der Waals surface area contributed by atoms with Crippen LogP contribution in [0.1, 0.15) is 30.1 Å². The average molecular weight is 356 g/mol. The van der Waals surface area contributed by atoms with Crippen LogP contribution in [0.4, 0.5) is 0 Å². The molecule has 5 heteroatoms. The second-order valence-corrected chi connectivity index (χ2v) is 6.71. The number of benzene rings is 2. The second-order valence-electron chi connectivity index (χ2n) is 6.28. The first-order chi connectivity index (χ1) is 12.2. The van der Waals surface area contributed by atoms with Gasteiger partial charge in [0, 0.05) is 16.6 Å². The highest BCUT2D eigenvalue weighted by atomic mass is 35.5. The SMILES string of the molecule is COc1cc(Cl)cc(C2=C(NC3CC3)OC(c3ccccc3)C2=O)c1. The van der Waals surface area contributed by atoms with Crippen LogP contribution in [-0.4, -0.2) is 18.9 Å². The zero-order chi connectivity index (χ0) is 17.4. The van der Waals surface area contributed by atoms with E-state index in [4.69, 9.17) is 21.1 Å². The zero-order valence-corrected chi connectivity index (χ0v) is 14.5. The lowest BCUT2D eigenvalue weighted by molar-refractivity contribution is -0.120. The van der Waals surface area contributed by atoms with Gasteiger partial charge in [0.2, 0.25) is 5.78 Å². The van der Waals surface area contributed by atoms with E-state index < -0.39 is 6.10 Å². The van der Waals surface area contributed by atoms with E-state index in [1.54, 1.807) is 19.2 Å². The van der Waals surface area contributed by atoms with Gasteiger partial charge in [-0.1, -0.05) is 41.9 Å². The topological polar surface area (TPSA) is 47.6 Å². The third kappa shape index (κ3) is 3.22. The summed E-state index contributed by atoms with van der Waals surface area (Å²) < 4.78 is 11.3. The predicted molar refractivity (Wildman–Crippen MR) is 96.4 cm³/mol. The minimum atomic E-state index is -0.637. The van der Waals surface area contributed by atoms with E-state index >= 15 is 0 Å². The summed E-state index contributed by atoms with van der Waals surface area (Å²) in [7, 11) is 1.58. The molecule has 1 aliphatic heterocycles. The Bertz CT molecular complexity index is 843. The van der Waals surface area contributed by atoms with Gasteiger partial charge in [-0.2, -0.15) is 0 Å². The van der Waals surface area contributed by atoms with Crippen LogP contribution in [0.5, 0.6) is 5.75 Å². The molecule has 0 bridgehead atoms. The van der Waals surface area contributed by atoms with Gasteiger partial charge in [-0.15, -0.1) is 0 Å². The van der Waals surface area contributed by atoms with Crippen molar-refractivity contribution in [1.29, 1.82) is 0 Å². The van der Waals surface area contributed by atoms with E-state index in [9.17, 15) is 4.79 Å². The van der Waals surface area contributed by atoms with Crippen LogP contribution in [0.15, 0.2) is 54.4 Å². The van der Waals surface area contributed by atoms with Crippen molar-refractivity contribution in [2.45, 2.75) is 25.0 Å². The third-order valence-electron chi connectivity index (χ3n) is 4.36. The number of carbonyl (C=O) groups is 1. The Balaban J connectivity index is 1.75. The van der Waals surface area contributed by atoms with Crippen LogP contribution >= 0.6 is 11.6 Å². The number of ether oxygens (including phenoxy) is 2. The number of halogens is 1. The minimum Gasteiger partial charge on any atom is -0.497 e. The molecule has 2 aromatic rings. The summed E-state index contributed by atoms with van der Waals surface area (Å²) in [5.41, 5.74) is 2.07. The molecule has 0 saturated heterocycles. The Kier molecular flexibility index (Phi) is 4.14. The van der Waals surface area contributed by atoms with Crippen LogP contribution in [0.25, 0.3) is 5.57 Å². The third-order valence-corrected chi connectivity index (χ3v) is 4.58. The Morgan fingerprint density at radius 3 is 2.60 bits per heavy atom. The molecule has 0 spiro atoms. The first kappa shape index (κ1) is 16.0. The van der Waals surface area contributed by atoms with Gasteiger partial charge in [0.05, 0.1) is 12.7 Å². The Morgan fingerprint density at radius 2 is 1.92 bits per heavy atom. The van der Waals surface area contributed by atoms with E-state index in [1.807, 2.05) is 36.4 Å². The molecule has 4 rings (SSSR count). The average Bonchev–Trinajstić information content (AvgIpc) is 3.37. The van der Waals surface area contributed by atoms with Gasteiger partial charge in [-0.05, 0) is 36.6 Å². The fraction of sp³-hybridized carbons (Fsp3) is 0.250. The lowest BCUT2D eigenvalue weighted by atomic mass is 9.97. The highest BCUT2D eigenvalue weighted by Crippen LogP contribution is 2.40. The smallest absolute Gasteiger partial charge is 0.213 e. The molecule has 128 valence electrons. The Labute approximate surface area is 151 Å². The number of nitrogens with one attached hydrogen (secondary N) is 1. The summed E-state index contributed by atoms with van der Waals surface area (Å²) in [5.74, 6) is 1.07. The van der Waals surface area contributed by atoms with E-state index in [0.29, 0.717) is 33.8 Å². The largest absolute Gasteiger partial charge is 0.497 e. The molecular formula is C20H18ClNO3. The van der Waals surface area contributed by atoms with Crippen molar-refractivity contribution in [2.75, 3.05) is 7.11 Å². The summed E-state index contributed by atoms with van der Waals surface area (Å²) in [5, 5.41) is 3.86. The number of Topliss-reactive ketones (excluding diaryl/α,β-unsaturated/α-hetero) is 1. The second kappa shape index (κ2) is 6.45. The maximum absolute atomic E-state index is 13.1. The number of carbonyl (C=O) groups excluding carboxylic acids is 1. The van der Waals surface area contributed by atoms with Crippen molar-refractivity contribution in [3.63, 3.8) is 0 Å². The molecule has 2 aliphatic rings. The maximum atomic E-state index is 13.1. The Hall–Kier alpha value is -2.46. The van der Waals surface area contributed by atoms with Crippen molar-refractivity contribution in [2.24, 2.45) is 0 Å². The van der Waals surface area contributed by atoms with E-state index in [-0.39, 0.29) is 5.78 Å². The minimum absolute atomic E-state index is 0.0707. The monoisotopic (exact) mass is 355 g/mol. The number of rotatable bonds is 5. The van der Waals surface area contributed by atoms with E-state index in [0.717, 1.165) is 18.4 Å². The van der Waals surface area contributed by atoms with Gasteiger partial charge >= 0.3 is 0 Å². The number of methoxy groups -OCH3 is 1. The molecule has 1 unspecified atom stereocenters. The van der Waals surface area contributed by atoms with Gasteiger partial charge < -0.3 is 14.8 Å². The van der Waals surface area contributed by atoms with Gasteiger partial charge in [-0.25, -0.2) is 0 Å². The van der Waals surface area contributed by atoms with Crippen LogP contribution in [0, 0.1) is 0 Å². The standard InChI is InChI=1S/C20H18ClNO3/c1-24-16-10-13(9-14(21)11-16)17-18(23)19(12-5-3-2-4-6-12)25-20(17)22-15-7-8-15/h2-6,9-11,15,19,22H,7-8H2,1H3. The lowest BCUT2D eigenvalue weighted by Crippen LogP contribution is -2.17. The molecule has 1 aliphatic carbocycles. The van der Waals surface area contributed by atoms with Crippen molar-refractivity contribution in [3.05, 3.63) is 70.6 Å². The van der Waals surface area contributed by atoms with Gasteiger partial charge in [0.25, 0.3) is 0 Å². The highest BCUT2D eigenvalue weighted by Gasteiger charge is 2.39. The fourth-order valence-corrected chi connectivity index (χ4v) is 3.16. The summed E-state index contributed by atoms with van der Waals surface area (Å²) in [6.45, 7) is 0. The molecule has 1 heterocycles. The molecule has 0 aromatic heterocycles. The molecule has 2 aromatic carbocycles. The maximum Gasteiger partial charge on any atom is 0.213 e. The normalized spacial score (nSPS) is 19.8. The number of hydrogen-bond acceptors (Lipinski definition) is 4. The van der Waals surface area contributed by atoms with Gasteiger partial charge in [-0.3, -0.25) is 4.79 Å². The summed E-state index contributed by atoms with van der Waals surface area (Å²) in [6.07, 6.45) is 1.54. The van der Waals surface area contributed by atoms with E-state index in [2.05, 4.69) is 5.32 Å². The van der Waals surface area contributed by atoms with Gasteiger partial charge in [0.15, 0.2) is 12.0 Å². The Morgan fingerprint density at radius 1 is 1.16 bits per heavy atom. The number of hydrogen-bond donors (Lipinski definition) is 1. The van der Waals surface area contributed by atoms with Crippen LogP contribution in [0.3, 0.4) is 0 Å². The number of ketones is 1. The molecule has 0 radical (unpaired) electrons. The molecule has 25 heavy (non-hydrogen) atoms. The fourth-order valence-electron chi connectivity index (χ4n) is 2.94. The molecular weight excluding hydrogens is 338 g/mol. The van der Waals surface area contributed by atoms with Crippen molar-refractivity contribution in [1.82, 2.24) is 5.32 Å². The van der Waals surface area contributed by atoms with Crippen molar-refractivity contribution < 1.29 is 14.3 Å².